The molecule has 0 unspecified atom stereocenters. The van der Waals surface area contributed by atoms with E-state index in [1.807, 2.05) is 0 Å². The molecular formula is C12H22N2O3. The Hall–Kier alpha value is -1.26. The lowest BCUT2D eigenvalue weighted by Crippen LogP contribution is -2.47. The number of esters is 1. The number of carbonyl (C=O) groups excluding carboxylic acids is 2. The molecule has 1 aliphatic rings. The summed E-state index contributed by atoms with van der Waals surface area (Å²) in [5, 5.41) is 5.42. The van der Waals surface area contributed by atoms with Crippen molar-refractivity contribution in [1.29, 1.82) is 0 Å². The minimum absolute atomic E-state index is 0.0687. The Kier molecular flexibility index (Phi) is 5.80. The molecule has 17 heavy (non-hydrogen) atoms. The molecule has 1 fully saturated rings. The molecule has 1 aliphatic carbocycles. The highest BCUT2D eigenvalue weighted by Crippen LogP contribution is 2.23. The third-order valence-electron chi connectivity index (χ3n) is 3.13. The number of urea groups is 1. The molecule has 0 aromatic carbocycles. The van der Waals surface area contributed by atoms with E-state index in [2.05, 4.69) is 17.6 Å². The van der Waals surface area contributed by atoms with Gasteiger partial charge in [0, 0.05) is 6.04 Å². The number of hydrogen-bond acceptors (Lipinski definition) is 3. The maximum Gasteiger partial charge on any atom is 0.325 e. The van der Waals surface area contributed by atoms with Gasteiger partial charge in [-0.1, -0.05) is 19.8 Å². The smallest absolute Gasteiger partial charge is 0.325 e. The summed E-state index contributed by atoms with van der Waals surface area (Å²) in [7, 11) is 0. The maximum atomic E-state index is 11.5. The second-order valence-electron chi connectivity index (χ2n) is 4.50. The molecule has 0 bridgehead atoms. The van der Waals surface area contributed by atoms with Crippen LogP contribution < -0.4 is 10.6 Å². The average Bonchev–Trinajstić information content (AvgIpc) is 2.30. The summed E-state index contributed by atoms with van der Waals surface area (Å²) in [4.78, 5) is 22.6. The third-order valence-corrected chi connectivity index (χ3v) is 3.13. The van der Waals surface area contributed by atoms with Crippen molar-refractivity contribution >= 4 is 12.0 Å². The molecule has 0 aromatic rings. The fourth-order valence-electron chi connectivity index (χ4n) is 2.11. The number of ether oxygens (including phenoxy) is 1. The summed E-state index contributed by atoms with van der Waals surface area (Å²) in [6.45, 7) is 4.15. The van der Waals surface area contributed by atoms with Crippen LogP contribution in [0.4, 0.5) is 4.79 Å². The predicted molar refractivity (Wildman–Crippen MR) is 64.6 cm³/mol. The van der Waals surface area contributed by atoms with Gasteiger partial charge in [-0.25, -0.2) is 4.79 Å². The van der Waals surface area contributed by atoms with Crippen molar-refractivity contribution in [2.45, 2.75) is 45.6 Å². The van der Waals surface area contributed by atoms with Gasteiger partial charge in [0.05, 0.1) is 6.61 Å². The van der Waals surface area contributed by atoms with E-state index in [9.17, 15) is 9.59 Å². The fourth-order valence-corrected chi connectivity index (χ4v) is 2.11. The van der Waals surface area contributed by atoms with Crippen LogP contribution in [0.2, 0.25) is 0 Å². The normalized spacial score (nSPS) is 23.9. The molecule has 2 N–H and O–H groups in total. The zero-order chi connectivity index (χ0) is 12.7. The van der Waals surface area contributed by atoms with E-state index in [1.54, 1.807) is 6.92 Å². The SMILES string of the molecule is CCOC(=O)CNC(=O)N[C@H]1CCCC[C@H]1C. The van der Waals surface area contributed by atoms with Gasteiger partial charge in [-0.05, 0) is 25.7 Å². The predicted octanol–water partition coefficient (Wildman–Crippen LogP) is 1.43. The maximum absolute atomic E-state index is 11.5. The monoisotopic (exact) mass is 242 g/mol. The average molecular weight is 242 g/mol. The van der Waals surface area contributed by atoms with Crippen LogP contribution >= 0.6 is 0 Å². The Morgan fingerprint density at radius 2 is 2.00 bits per heavy atom. The molecule has 0 aliphatic heterocycles. The number of amides is 2. The molecule has 5 nitrogen and oxygen atoms in total. The van der Waals surface area contributed by atoms with Crippen molar-refractivity contribution in [2.75, 3.05) is 13.2 Å². The molecule has 0 spiro atoms. The van der Waals surface area contributed by atoms with E-state index in [1.165, 1.54) is 6.42 Å². The van der Waals surface area contributed by atoms with Crippen LogP contribution in [0.5, 0.6) is 0 Å². The highest BCUT2D eigenvalue weighted by Gasteiger charge is 2.22. The third kappa shape index (κ3) is 5.06. The Bertz CT molecular complexity index is 268. The molecule has 0 heterocycles. The van der Waals surface area contributed by atoms with E-state index in [0.717, 1.165) is 19.3 Å². The lowest BCUT2D eigenvalue weighted by Gasteiger charge is -2.29. The topological polar surface area (TPSA) is 67.4 Å². The minimum atomic E-state index is -0.403. The summed E-state index contributed by atoms with van der Waals surface area (Å²) in [6.07, 6.45) is 4.58. The van der Waals surface area contributed by atoms with Crippen molar-refractivity contribution in [1.82, 2.24) is 10.6 Å². The van der Waals surface area contributed by atoms with E-state index in [-0.39, 0.29) is 18.6 Å². The molecule has 1 rings (SSSR count). The standard InChI is InChI=1S/C12H22N2O3/c1-3-17-11(15)8-13-12(16)14-10-7-5-4-6-9(10)2/h9-10H,3-8H2,1-2H3,(H2,13,14,16)/t9-,10+/m1/s1. The first kappa shape index (κ1) is 13.8. The molecule has 2 amide bonds. The molecule has 0 aromatic heterocycles. The van der Waals surface area contributed by atoms with E-state index in [4.69, 9.17) is 4.74 Å². The van der Waals surface area contributed by atoms with Crippen molar-refractivity contribution < 1.29 is 14.3 Å². The molecule has 5 heteroatoms. The zero-order valence-corrected chi connectivity index (χ0v) is 10.6. The first-order valence-corrected chi connectivity index (χ1v) is 6.33. The van der Waals surface area contributed by atoms with Crippen LogP contribution in [-0.4, -0.2) is 31.2 Å². The Balaban J connectivity index is 2.22. The van der Waals surface area contributed by atoms with Gasteiger partial charge < -0.3 is 15.4 Å². The molecule has 2 atom stereocenters. The van der Waals surface area contributed by atoms with Gasteiger partial charge in [-0.2, -0.15) is 0 Å². The highest BCUT2D eigenvalue weighted by atomic mass is 16.5. The zero-order valence-electron chi connectivity index (χ0n) is 10.6. The summed E-state index contributed by atoms with van der Waals surface area (Å²) >= 11 is 0. The first-order chi connectivity index (χ1) is 8.13. The van der Waals surface area contributed by atoms with Crippen molar-refractivity contribution in [2.24, 2.45) is 5.92 Å². The van der Waals surface area contributed by atoms with Gasteiger partial charge in [-0.15, -0.1) is 0 Å². The lowest BCUT2D eigenvalue weighted by atomic mass is 9.86. The van der Waals surface area contributed by atoms with Gasteiger partial charge in [0.2, 0.25) is 0 Å². The van der Waals surface area contributed by atoms with Crippen molar-refractivity contribution in [3.63, 3.8) is 0 Å². The van der Waals surface area contributed by atoms with Crippen LogP contribution in [0.25, 0.3) is 0 Å². The van der Waals surface area contributed by atoms with E-state index < -0.39 is 5.97 Å². The molecule has 0 saturated heterocycles. The molecule has 1 saturated carbocycles. The van der Waals surface area contributed by atoms with E-state index >= 15 is 0 Å². The van der Waals surface area contributed by atoms with Crippen molar-refractivity contribution in [3.05, 3.63) is 0 Å². The fraction of sp³-hybridized carbons (Fsp3) is 0.833. The minimum Gasteiger partial charge on any atom is -0.465 e. The van der Waals surface area contributed by atoms with Gasteiger partial charge in [0.1, 0.15) is 6.54 Å². The lowest BCUT2D eigenvalue weighted by molar-refractivity contribution is -0.141. The second-order valence-corrected chi connectivity index (χ2v) is 4.50. The van der Waals surface area contributed by atoms with Crippen LogP contribution in [0.15, 0.2) is 0 Å². The first-order valence-electron chi connectivity index (χ1n) is 6.33. The summed E-state index contributed by atoms with van der Waals surface area (Å²) in [5.41, 5.74) is 0. The molecular weight excluding hydrogens is 220 g/mol. The van der Waals surface area contributed by atoms with E-state index in [0.29, 0.717) is 12.5 Å². The molecule has 98 valence electrons. The number of hydrogen-bond donors (Lipinski definition) is 2. The van der Waals surface area contributed by atoms with Crippen LogP contribution in [0.1, 0.15) is 39.5 Å². The van der Waals surface area contributed by atoms with Gasteiger partial charge in [0.25, 0.3) is 0 Å². The Morgan fingerprint density at radius 1 is 1.29 bits per heavy atom. The number of rotatable bonds is 4. The summed E-state index contributed by atoms with van der Waals surface area (Å²) < 4.78 is 4.72. The second kappa shape index (κ2) is 7.14. The van der Waals surface area contributed by atoms with Crippen LogP contribution in [0, 0.1) is 5.92 Å². The van der Waals surface area contributed by atoms with Gasteiger partial charge >= 0.3 is 12.0 Å². The largest absolute Gasteiger partial charge is 0.465 e. The van der Waals surface area contributed by atoms with Gasteiger partial charge in [0.15, 0.2) is 0 Å². The quantitative estimate of drug-likeness (QED) is 0.733. The summed E-state index contributed by atoms with van der Waals surface area (Å²) in [6, 6.07) is -0.0530. The highest BCUT2D eigenvalue weighted by molar-refractivity contribution is 5.80. The van der Waals surface area contributed by atoms with Crippen LogP contribution in [0.3, 0.4) is 0 Å². The Morgan fingerprint density at radius 3 is 2.65 bits per heavy atom. The Labute approximate surface area is 102 Å². The van der Waals surface area contributed by atoms with Gasteiger partial charge in [-0.3, -0.25) is 4.79 Å². The number of carbonyl (C=O) groups is 2. The number of nitrogens with one attached hydrogen (secondary N) is 2. The molecule has 0 radical (unpaired) electrons. The van der Waals surface area contributed by atoms with Crippen molar-refractivity contribution in [3.8, 4) is 0 Å². The van der Waals surface area contributed by atoms with Crippen LogP contribution in [-0.2, 0) is 9.53 Å². The summed E-state index contributed by atoms with van der Waals surface area (Å²) in [5.74, 6) is 0.108.